The number of hydrogen-bond donors (Lipinski definition) is 0. The van der Waals surface area contributed by atoms with Crippen molar-refractivity contribution in [2.75, 3.05) is 36.8 Å². The molecule has 2 rings (SSSR count). The standard InChI is InChI=1S/C14H22N2O2S/c1-3-12-19(17,18)16-10-8-15(9-11-16)14-6-4-13(2)5-7-14/h4-7H,3,8-12H2,1-2H3. The van der Waals surface area contributed by atoms with Gasteiger partial charge in [0.25, 0.3) is 0 Å². The third-order valence-corrected chi connectivity index (χ3v) is 5.57. The van der Waals surface area contributed by atoms with Gasteiger partial charge in [0, 0.05) is 31.9 Å². The van der Waals surface area contributed by atoms with Crippen LogP contribution in [0.25, 0.3) is 0 Å². The first-order valence-electron chi connectivity index (χ1n) is 6.82. The van der Waals surface area contributed by atoms with Crippen LogP contribution in [0.15, 0.2) is 24.3 Å². The van der Waals surface area contributed by atoms with Gasteiger partial charge in [-0.25, -0.2) is 8.42 Å². The van der Waals surface area contributed by atoms with Gasteiger partial charge in [-0.1, -0.05) is 24.6 Å². The summed E-state index contributed by atoms with van der Waals surface area (Å²) in [5.41, 5.74) is 2.42. The highest BCUT2D eigenvalue weighted by Crippen LogP contribution is 2.18. The van der Waals surface area contributed by atoms with Gasteiger partial charge >= 0.3 is 0 Å². The number of hydrogen-bond acceptors (Lipinski definition) is 3. The predicted octanol–water partition coefficient (Wildman–Crippen LogP) is 1.86. The molecule has 1 saturated heterocycles. The van der Waals surface area contributed by atoms with Crippen LogP contribution in [0.4, 0.5) is 5.69 Å². The van der Waals surface area contributed by atoms with E-state index in [1.807, 2.05) is 6.92 Å². The molecule has 1 heterocycles. The van der Waals surface area contributed by atoms with Crippen molar-refractivity contribution in [3.8, 4) is 0 Å². The Morgan fingerprint density at radius 3 is 2.16 bits per heavy atom. The first kappa shape index (κ1) is 14.3. The van der Waals surface area contributed by atoms with E-state index in [1.165, 1.54) is 11.3 Å². The van der Waals surface area contributed by atoms with Gasteiger partial charge in [-0.15, -0.1) is 0 Å². The van der Waals surface area contributed by atoms with E-state index in [2.05, 4.69) is 36.1 Å². The normalized spacial score (nSPS) is 17.7. The summed E-state index contributed by atoms with van der Waals surface area (Å²) in [5.74, 6) is 0.261. The average molecular weight is 282 g/mol. The molecule has 0 unspecified atom stereocenters. The van der Waals surface area contributed by atoms with Crippen LogP contribution in [0.5, 0.6) is 0 Å². The van der Waals surface area contributed by atoms with E-state index in [-0.39, 0.29) is 5.75 Å². The van der Waals surface area contributed by atoms with E-state index >= 15 is 0 Å². The van der Waals surface area contributed by atoms with Gasteiger partial charge in [-0.05, 0) is 25.5 Å². The number of anilines is 1. The Morgan fingerprint density at radius 1 is 1.05 bits per heavy atom. The average Bonchev–Trinajstić information content (AvgIpc) is 2.40. The van der Waals surface area contributed by atoms with E-state index in [1.54, 1.807) is 4.31 Å². The maximum absolute atomic E-state index is 12.0. The summed E-state index contributed by atoms with van der Waals surface area (Å²) >= 11 is 0. The van der Waals surface area contributed by atoms with Gasteiger partial charge in [0.2, 0.25) is 10.0 Å². The third kappa shape index (κ3) is 3.48. The molecular weight excluding hydrogens is 260 g/mol. The van der Waals surface area contributed by atoms with Crippen molar-refractivity contribution in [2.45, 2.75) is 20.3 Å². The molecule has 0 amide bonds. The minimum absolute atomic E-state index is 0.261. The van der Waals surface area contributed by atoms with Crippen molar-refractivity contribution in [2.24, 2.45) is 0 Å². The topological polar surface area (TPSA) is 40.6 Å². The molecule has 0 saturated carbocycles. The largest absolute Gasteiger partial charge is 0.369 e. The zero-order chi connectivity index (χ0) is 13.9. The molecule has 5 heteroatoms. The van der Waals surface area contributed by atoms with Gasteiger partial charge in [0.05, 0.1) is 5.75 Å². The third-order valence-electron chi connectivity index (χ3n) is 3.49. The zero-order valence-corrected chi connectivity index (χ0v) is 12.5. The van der Waals surface area contributed by atoms with Crippen LogP contribution in [-0.4, -0.2) is 44.7 Å². The summed E-state index contributed by atoms with van der Waals surface area (Å²) in [4.78, 5) is 2.25. The fraction of sp³-hybridized carbons (Fsp3) is 0.571. The molecule has 1 fully saturated rings. The Balaban J connectivity index is 1.98. The summed E-state index contributed by atoms with van der Waals surface area (Å²) in [7, 11) is -3.04. The minimum atomic E-state index is -3.04. The first-order valence-corrected chi connectivity index (χ1v) is 8.43. The Bertz CT molecular complexity index is 503. The molecule has 4 nitrogen and oxygen atoms in total. The fourth-order valence-corrected chi connectivity index (χ4v) is 3.86. The Morgan fingerprint density at radius 2 is 1.63 bits per heavy atom. The highest BCUT2D eigenvalue weighted by molar-refractivity contribution is 7.89. The lowest BCUT2D eigenvalue weighted by Gasteiger charge is -2.35. The number of sulfonamides is 1. The van der Waals surface area contributed by atoms with Crippen LogP contribution in [0.3, 0.4) is 0 Å². The molecule has 0 aromatic heterocycles. The number of piperazine rings is 1. The lowest BCUT2D eigenvalue weighted by molar-refractivity contribution is 0.384. The van der Waals surface area contributed by atoms with Gasteiger partial charge in [-0.3, -0.25) is 0 Å². The van der Waals surface area contributed by atoms with E-state index in [0.717, 1.165) is 13.1 Å². The summed E-state index contributed by atoms with van der Waals surface area (Å²) in [6.45, 7) is 6.70. The van der Waals surface area contributed by atoms with E-state index in [9.17, 15) is 8.42 Å². The van der Waals surface area contributed by atoms with Crippen molar-refractivity contribution in [1.29, 1.82) is 0 Å². The summed E-state index contributed by atoms with van der Waals surface area (Å²) in [6, 6.07) is 8.39. The first-order chi connectivity index (χ1) is 9.03. The van der Waals surface area contributed by atoms with Crippen LogP contribution in [0.2, 0.25) is 0 Å². The van der Waals surface area contributed by atoms with Crippen molar-refractivity contribution >= 4 is 15.7 Å². The van der Waals surface area contributed by atoms with Gasteiger partial charge < -0.3 is 4.90 Å². The van der Waals surface area contributed by atoms with Crippen LogP contribution in [0.1, 0.15) is 18.9 Å². The summed E-state index contributed by atoms with van der Waals surface area (Å²) in [6.07, 6.45) is 0.681. The maximum atomic E-state index is 12.0. The molecule has 1 aliphatic heterocycles. The Labute approximate surface area is 116 Å². The molecule has 106 valence electrons. The summed E-state index contributed by atoms with van der Waals surface area (Å²) in [5, 5.41) is 0. The molecule has 1 aromatic rings. The van der Waals surface area contributed by atoms with E-state index in [0.29, 0.717) is 19.5 Å². The van der Waals surface area contributed by atoms with Gasteiger partial charge in [-0.2, -0.15) is 4.31 Å². The minimum Gasteiger partial charge on any atom is -0.369 e. The molecule has 0 bridgehead atoms. The lowest BCUT2D eigenvalue weighted by atomic mass is 10.2. The molecule has 0 spiro atoms. The highest BCUT2D eigenvalue weighted by atomic mass is 32.2. The lowest BCUT2D eigenvalue weighted by Crippen LogP contribution is -2.49. The molecule has 1 aromatic carbocycles. The van der Waals surface area contributed by atoms with Crippen LogP contribution in [0, 0.1) is 6.92 Å². The van der Waals surface area contributed by atoms with Crippen LogP contribution >= 0.6 is 0 Å². The van der Waals surface area contributed by atoms with Crippen molar-refractivity contribution in [3.05, 3.63) is 29.8 Å². The van der Waals surface area contributed by atoms with E-state index in [4.69, 9.17) is 0 Å². The smallest absolute Gasteiger partial charge is 0.214 e. The van der Waals surface area contributed by atoms with Gasteiger partial charge in [0.15, 0.2) is 0 Å². The number of benzene rings is 1. The quantitative estimate of drug-likeness (QED) is 0.846. The fourth-order valence-electron chi connectivity index (χ4n) is 2.37. The maximum Gasteiger partial charge on any atom is 0.214 e. The van der Waals surface area contributed by atoms with Gasteiger partial charge in [0.1, 0.15) is 0 Å². The number of aryl methyl sites for hydroxylation is 1. The molecule has 0 radical (unpaired) electrons. The Kier molecular flexibility index (Phi) is 4.47. The zero-order valence-electron chi connectivity index (χ0n) is 11.7. The number of nitrogens with zero attached hydrogens (tertiary/aromatic N) is 2. The van der Waals surface area contributed by atoms with Crippen LogP contribution in [-0.2, 0) is 10.0 Å². The highest BCUT2D eigenvalue weighted by Gasteiger charge is 2.25. The number of rotatable bonds is 4. The molecule has 19 heavy (non-hydrogen) atoms. The summed E-state index contributed by atoms with van der Waals surface area (Å²) < 4.78 is 25.6. The molecule has 0 atom stereocenters. The second-order valence-electron chi connectivity index (χ2n) is 5.04. The van der Waals surface area contributed by atoms with Crippen molar-refractivity contribution < 1.29 is 8.42 Å². The molecular formula is C14H22N2O2S. The molecule has 1 aliphatic rings. The monoisotopic (exact) mass is 282 g/mol. The SMILES string of the molecule is CCCS(=O)(=O)N1CCN(c2ccc(C)cc2)CC1. The second kappa shape index (κ2) is 5.92. The predicted molar refractivity (Wildman–Crippen MR) is 79.0 cm³/mol. The molecule has 0 N–H and O–H groups in total. The van der Waals surface area contributed by atoms with E-state index < -0.39 is 10.0 Å². The second-order valence-corrected chi connectivity index (χ2v) is 7.13. The van der Waals surface area contributed by atoms with Crippen molar-refractivity contribution in [3.63, 3.8) is 0 Å². The van der Waals surface area contributed by atoms with Crippen molar-refractivity contribution in [1.82, 2.24) is 4.31 Å². The van der Waals surface area contributed by atoms with Crippen LogP contribution < -0.4 is 4.90 Å². The Hall–Kier alpha value is -1.07. The molecule has 0 aliphatic carbocycles.